The summed E-state index contributed by atoms with van der Waals surface area (Å²) in [7, 11) is 0. The van der Waals surface area contributed by atoms with Crippen LogP contribution in [0.3, 0.4) is 0 Å². The van der Waals surface area contributed by atoms with Gasteiger partial charge in [-0.15, -0.1) is 0 Å². The summed E-state index contributed by atoms with van der Waals surface area (Å²) >= 11 is 13.8. The maximum atomic E-state index is 9.96. The first-order valence-corrected chi connectivity index (χ1v) is 9.04. The minimum absolute atomic E-state index is 0.194. The van der Waals surface area contributed by atoms with Crippen LogP contribution in [0.15, 0.2) is 18.2 Å². The number of hydrogen-bond donors (Lipinski definition) is 2. The highest BCUT2D eigenvalue weighted by atomic mass is 35.5. The van der Waals surface area contributed by atoms with Gasteiger partial charge in [-0.1, -0.05) is 29.6 Å². The molecule has 1 saturated carbocycles. The normalized spacial score (nSPS) is 18.1. The van der Waals surface area contributed by atoms with E-state index in [4.69, 9.17) is 27.9 Å². The van der Waals surface area contributed by atoms with Crippen molar-refractivity contribution in [3.05, 3.63) is 28.2 Å². The highest BCUT2D eigenvalue weighted by Gasteiger charge is 2.35. The molecule has 21 heavy (non-hydrogen) atoms. The van der Waals surface area contributed by atoms with Crippen molar-refractivity contribution in [2.24, 2.45) is 0 Å². The van der Waals surface area contributed by atoms with Gasteiger partial charge in [0.15, 0.2) is 0 Å². The fourth-order valence-corrected chi connectivity index (χ4v) is 3.60. The van der Waals surface area contributed by atoms with Crippen LogP contribution in [0.25, 0.3) is 0 Å². The first-order valence-electron chi connectivity index (χ1n) is 7.06. The van der Waals surface area contributed by atoms with Crippen LogP contribution in [-0.4, -0.2) is 41.9 Å². The molecule has 6 heteroatoms. The van der Waals surface area contributed by atoms with Crippen molar-refractivity contribution in [3.63, 3.8) is 0 Å². The van der Waals surface area contributed by atoms with Crippen LogP contribution in [0, 0.1) is 0 Å². The molecule has 1 fully saturated rings. The number of ether oxygens (including phenoxy) is 1. The summed E-state index contributed by atoms with van der Waals surface area (Å²) in [6.45, 7) is 1.64. The molecule has 3 nitrogen and oxygen atoms in total. The van der Waals surface area contributed by atoms with E-state index in [2.05, 4.69) is 11.6 Å². The number of rotatable bonds is 8. The Morgan fingerprint density at radius 3 is 2.81 bits per heavy atom. The zero-order chi connectivity index (χ0) is 15.3. The molecule has 0 amide bonds. The Bertz CT molecular complexity index is 463. The third-order valence-electron chi connectivity index (χ3n) is 3.85. The van der Waals surface area contributed by atoms with Gasteiger partial charge in [-0.2, -0.15) is 11.8 Å². The largest absolute Gasteiger partial charge is 0.489 e. The Kier molecular flexibility index (Phi) is 6.51. The fraction of sp³-hybridized carbons (Fsp3) is 0.600. The highest BCUT2D eigenvalue weighted by molar-refractivity contribution is 8.00. The topological polar surface area (TPSA) is 41.5 Å². The van der Waals surface area contributed by atoms with Crippen LogP contribution in [-0.2, 0) is 0 Å². The van der Waals surface area contributed by atoms with Gasteiger partial charge in [0.25, 0.3) is 0 Å². The van der Waals surface area contributed by atoms with Gasteiger partial charge in [0.1, 0.15) is 18.5 Å². The maximum absolute atomic E-state index is 9.96. The molecule has 0 spiro atoms. The molecule has 2 rings (SSSR count). The summed E-state index contributed by atoms with van der Waals surface area (Å²) in [5.74, 6) is 0.503. The van der Waals surface area contributed by atoms with Crippen LogP contribution >= 0.6 is 35.0 Å². The predicted molar refractivity (Wildman–Crippen MR) is 90.9 cm³/mol. The molecule has 0 radical (unpaired) electrons. The molecule has 1 aliphatic rings. The lowest BCUT2D eigenvalue weighted by atomic mass is 9.84. The van der Waals surface area contributed by atoms with Gasteiger partial charge in [-0.3, -0.25) is 0 Å². The average Bonchev–Trinajstić information content (AvgIpc) is 2.43. The number of aliphatic hydroxyl groups is 1. The van der Waals surface area contributed by atoms with E-state index in [1.807, 2.05) is 11.8 Å². The van der Waals surface area contributed by atoms with Crippen molar-refractivity contribution in [1.82, 2.24) is 5.32 Å². The Morgan fingerprint density at radius 2 is 2.19 bits per heavy atom. The molecule has 1 atom stereocenters. The smallest absolute Gasteiger partial charge is 0.139 e. The Hall–Kier alpha value is -0.130. The van der Waals surface area contributed by atoms with Crippen molar-refractivity contribution in [1.29, 1.82) is 0 Å². The van der Waals surface area contributed by atoms with Crippen LogP contribution in [0.1, 0.15) is 19.3 Å². The van der Waals surface area contributed by atoms with Crippen LogP contribution in [0.4, 0.5) is 0 Å². The van der Waals surface area contributed by atoms with E-state index in [0.717, 1.165) is 6.54 Å². The second-order valence-electron chi connectivity index (χ2n) is 5.41. The van der Waals surface area contributed by atoms with E-state index >= 15 is 0 Å². The summed E-state index contributed by atoms with van der Waals surface area (Å²) in [5, 5.41) is 14.4. The minimum atomic E-state index is -0.570. The van der Waals surface area contributed by atoms with Crippen LogP contribution < -0.4 is 10.1 Å². The summed E-state index contributed by atoms with van der Waals surface area (Å²) < 4.78 is 5.89. The monoisotopic (exact) mass is 349 g/mol. The molecule has 1 aromatic carbocycles. The molecule has 0 aromatic heterocycles. The number of halogens is 2. The van der Waals surface area contributed by atoms with Gasteiger partial charge in [0, 0.05) is 28.9 Å². The standard InChI is InChI=1S/C15H21Cl2NO2S/c1-21-15(5-2-6-15)10-18-8-12(19)9-20-14-7-11(16)3-4-13(14)17/h3-4,7,12,18-19H,2,5-6,8-10H2,1H3. The van der Waals surface area contributed by atoms with Crippen LogP contribution in [0.2, 0.25) is 10.0 Å². The number of hydrogen-bond acceptors (Lipinski definition) is 4. The average molecular weight is 350 g/mol. The number of benzene rings is 1. The van der Waals surface area contributed by atoms with Gasteiger partial charge in [-0.05, 0) is 31.2 Å². The first-order chi connectivity index (χ1) is 10.0. The maximum Gasteiger partial charge on any atom is 0.139 e. The summed E-state index contributed by atoms with van der Waals surface area (Å²) in [4.78, 5) is 0. The molecule has 0 saturated heterocycles. The molecule has 0 aliphatic heterocycles. The third kappa shape index (κ3) is 4.93. The second kappa shape index (κ2) is 7.93. The van der Waals surface area contributed by atoms with Gasteiger partial charge in [-0.25, -0.2) is 0 Å². The Balaban J connectivity index is 1.70. The quantitative estimate of drug-likeness (QED) is 0.752. The molecule has 1 aliphatic carbocycles. The summed E-state index contributed by atoms with van der Waals surface area (Å²) in [5.41, 5.74) is 0. The lowest BCUT2D eigenvalue weighted by Gasteiger charge is -2.40. The summed E-state index contributed by atoms with van der Waals surface area (Å²) in [6.07, 6.45) is 5.40. The van der Waals surface area contributed by atoms with Crippen molar-refractivity contribution < 1.29 is 9.84 Å². The van der Waals surface area contributed by atoms with E-state index in [0.29, 0.717) is 27.1 Å². The molecular formula is C15H21Cl2NO2S. The lowest BCUT2D eigenvalue weighted by Crippen LogP contribution is -2.45. The number of nitrogens with one attached hydrogen (secondary N) is 1. The molecule has 2 N–H and O–H groups in total. The highest BCUT2D eigenvalue weighted by Crippen LogP contribution is 2.42. The van der Waals surface area contributed by atoms with Crippen LogP contribution in [0.5, 0.6) is 5.75 Å². The molecule has 118 valence electrons. The zero-order valence-electron chi connectivity index (χ0n) is 12.1. The van der Waals surface area contributed by atoms with Gasteiger partial charge in [0.2, 0.25) is 0 Å². The molecule has 1 aromatic rings. The first kappa shape index (κ1) is 17.2. The summed E-state index contributed by atoms with van der Waals surface area (Å²) in [6, 6.07) is 5.04. The van der Waals surface area contributed by atoms with Crippen molar-refractivity contribution in [2.45, 2.75) is 30.1 Å². The van der Waals surface area contributed by atoms with E-state index in [1.165, 1.54) is 19.3 Å². The number of thioether (sulfide) groups is 1. The van der Waals surface area contributed by atoms with Gasteiger partial charge in [0.05, 0.1) is 5.02 Å². The second-order valence-corrected chi connectivity index (χ2v) is 7.53. The lowest BCUT2D eigenvalue weighted by molar-refractivity contribution is 0.105. The fourth-order valence-electron chi connectivity index (χ4n) is 2.32. The Morgan fingerprint density at radius 1 is 1.43 bits per heavy atom. The van der Waals surface area contributed by atoms with E-state index in [1.54, 1.807) is 18.2 Å². The number of aliphatic hydroxyl groups excluding tert-OH is 1. The van der Waals surface area contributed by atoms with E-state index in [-0.39, 0.29) is 6.61 Å². The molecule has 0 bridgehead atoms. The Labute approximate surface area is 140 Å². The molecular weight excluding hydrogens is 329 g/mol. The molecule has 0 heterocycles. The van der Waals surface area contributed by atoms with Gasteiger partial charge < -0.3 is 15.2 Å². The van der Waals surface area contributed by atoms with E-state index < -0.39 is 6.10 Å². The van der Waals surface area contributed by atoms with Crippen molar-refractivity contribution in [2.75, 3.05) is 26.0 Å². The minimum Gasteiger partial charge on any atom is -0.489 e. The predicted octanol–water partition coefficient (Wildman–Crippen LogP) is 3.61. The SMILES string of the molecule is CSC1(CNCC(O)COc2cc(Cl)ccc2Cl)CCC1. The van der Waals surface area contributed by atoms with Gasteiger partial charge >= 0.3 is 0 Å². The van der Waals surface area contributed by atoms with Crippen molar-refractivity contribution >= 4 is 35.0 Å². The third-order valence-corrected chi connectivity index (χ3v) is 5.82. The van der Waals surface area contributed by atoms with Crippen molar-refractivity contribution in [3.8, 4) is 5.75 Å². The zero-order valence-corrected chi connectivity index (χ0v) is 14.4. The van der Waals surface area contributed by atoms with E-state index in [9.17, 15) is 5.11 Å². The molecule has 1 unspecified atom stereocenters.